The minimum atomic E-state index is -1.03. The van der Waals surface area contributed by atoms with Crippen LogP contribution in [0.2, 0.25) is 0 Å². The third-order valence-electron chi connectivity index (χ3n) is 5.83. The fraction of sp³-hybridized carbons (Fsp3) is 0.429. The fourth-order valence-corrected chi connectivity index (χ4v) is 3.71. The molecule has 1 aliphatic carbocycles. The van der Waals surface area contributed by atoms with E-state index in [-0.39, 0.29) is 17.2 Å². The van der Waals surface area contributed by atoms with Crippen molar-refractivity contribution in [2.75, 3.05) is 0 Å². The molecule has 152 valence electrons. The maximum atomic E-state index is 14.3. The van der Waals surface area contributed by atoms with E-state index < -0.39 is 12.3 Å². The SMILES string of the molecule is CC[C@@]1(C)CC[C@H](F)[C@@H](Oc2ncc(-c3ccc(-n4ccnc4)cc3O)nn2)C1. The highest BCUT2D eigenvalue weighted by molar-refractivity contribution is 5.67. The normalized spacial score (nSPS) is 24.4. The number of nitrogens with zero attached hydrogens (tertiary/aromatic N) is 5. The second-order valence-corrected chi connectivity index (χ2v) is 7.88. The number of aromatic nitrogens is 5. The van der Waals surface area contributed by atoms with Gasteiger partial charge in [-0.25, -0.2) is 14.4 Å². The molecule has 3 aromatic rings. The van der Waals surface area contributed by atoms with Crippen LogP contribution in [0.5, 0.6) is 11.8 Å². The second-order valence-electron chi connectivity index (χ2n) is 7.88. The molecular formula is C21H24FN5O2. The average molecular weight is 397 g/mol. The van der Waals surface area contributed by atoms with Crippen LogP contribution in [-0.2, 0) is 0 Å². The number of phenols is 1. The number of imidazole rings is 1. The van der Waals surface area contributed by atoms with Crippen LogP contribution >= 0.6 is 0 Å². The van der Waals surface area contributed by atoms with Crippen molar-refractivity contribution in [3.05, 3.63) is 43.1 Å². The number of hydrogen-bond acceptors (Lipinski definition) is 6. The molecule has 0 radical (unpaired) electrons. The Kier molecular flexibility index (Phi) is 5.17. The van der Waals surface area contributed by atoms with Crippen molar-refractivity contribution in [1.82, 2.24) is 24.7 Å². The molecule has 0 saturated heterocycles. The van der Waals surface area contributed by atoms with E-state index in [0.29, 0.717) is 24.1 Å². The maximum absolute atomic E-state index is 14.3. The Labute approximate surface area is 168 Å². The molecule has 0 amide bonds. The van der Waals surface area contributed by atoms with E-state index in [1.807, 2.05) is 6.07 Å². The van der Waals surface area contributed by atoms with E-state index in [1.54, 1.807) is 35.4 Å². The van der Waals surface area contributed by atoms with Crippen LogP contribution in [0.15, 0.2) is 43.1 Å². The van der Waals surface area contributed by atoms with Gasteiger partial charge in [0.2, 0.25) is 0 Å². The molecule has 1 N–H and O–H groups in total. The predicted octanol–water partition coefficient (Wildman–Crippen LogP) is 4.12. The fourth-order valence-electron chi connectivity index (χ4n) is 3.71. The summed E-state index contributed by atoms with van der Waals surface area (Å²) in [5, 5.41) is 18.5. The van der Waals surface area contributed by atoms with Gasteiger partial charge in [0, 0.05) is 24.0 Å². The second kappa shape index (κ2) is 7.77. The highest BCUT2D eigenvalue weighted by Crippen LogP contribution is 2.41. The topological polar surface area (TPSA) is 86.0 Å². The van der Waals surface area contributed by atoms with Gasteiger partial charge in [-0.05, 0) is 36.8 Å². The van der Waals surface area contributed by atoms with Gasteiger partial charge in [-0.1, -0.05) is 25.4 Å². The number of ether oxygens (including phenoxy) is 1. The number of aromatic hydroxyl groups is 1. The van der Waals surface area contributed by atoms with Crippen molar-refractivity contribution in [1.29, 1.82) is 0 Å². The quantitative estimate of drug-likeness (QED) is 0.697. The lowest BCUT2D eigenvalue weighted by molar-refractivity contribution is -0.0000745. The monoisotopic (exact) mass is 397 g/mol. The van der Waals surface area contributed by atoms with Crippen LogP contribution in [0.25, 0.3) is 16.9 Å². The zero-order valence-electron chi connectivity index (χ0n) is 16.5. The van der Waals surface area contributed by atoms with E-state index in [0.717, 1.165) is 18.5 Å². The van der Waals surface area contributed by atoms with Crippen molar-refractivity contribution in [3.8, 4) is 28.7 Å². The number of hydrogen-bond donors (Lipinski definition) is 1. The highest BCUT2D eigenvalue weighted by Gasteiger charge is 2.38. The molecule has 8 heteroatoms. The predicted molar refractivity (Wildman–Crippen MR) is 106 cm³/mol. The van der Waals surface area contributed by atoms with Crippen LogP contribution in [0.1, 0.15) is 39.5 Å². The molecule has 0 spiro atoms. The summed E-state index contributed by atoms with van der Waals surface area (Å²) in [7, 11) is 0. The molecule has 7 nitrogen and oxygen atoms in total. The molecule has 1 aliphatic rings. The van der Waals surface area contributed by atoms with Crippen LogP contribution < -0.4 is 4.74 Å². The van der Waals surface area contributed by atoms with Crippen molar-refractivity contribution < 1.29 is 14.2 Å². The van der Waals surface area contributed by atoms with E-state index in [9.17, 15) is 9.50 Å². The van der Waals surface area contributed by atoms with Gasteiger partial charge < -0.3 is 14.4 Å². The summed E-state index contributed by atoms with van der Waals surface area (Å²) in [6.45, 7) is 4.28. The van der Waals surface area contributed by atoms with Gasteiger partial charge >= 0.3 is 6.01 Å². The van der Waals surface area contributed by atoms with Gasteiger partial charge in [-0.15, -0.1) is 5.10 Å². The van der Waals surface area contributed by atoms with Crippen molar-refractivity contribution >= 4 is 0 Å². The summed E-state index contributed by atoms with van der Waals surface area (Å²) >= 11 is 0. The smallest absolute Gasteiger partial charge is 0.336 e. The Hall–Kier alpha value is -3.03. The Balaban J connectivity index is 1.49. The van der Waals surface area contributed by atoms with E-state index >= 15 is 0 Å². The maximum Gasteiger partial charge on any atom is 0.336 e. The third kappa shape index (κ3) is 4.06. The van der Waals surface area contributed by atoms with Crippen LogP contribution in [0.3, 0.4) is 0 Å². The van der Waals surface area contributed by atoms with Crippen LogP contribution in [-0.4, -0.2) is 42.1 Å². The molecule has 2 aromatic heterocycles. The number of halogens is 1. The number of phenolic OH excluding ortho intramolecular Hbond substituents is 1. The van der Waals surface area contributed by atoms with Crippen molar-refractivity contribution in [3.63, 3.8) is 0 Å². The number of benzene rings is 1. The molecule has 0 aliphatic heterocycles. The minimum Gasteiger partial charge on any atom is -0.507 e. The van der Waals surface area contributed by atoms with Gasteiger partial charge in [0.05, 0.1) is 18.2 Å². The first-order valence-corrected chi connectivity index (χ1v) is 9.79. The van der Waals surface area contributed by atoms with Gasteiger partial charge in [0.15, 0.2) is 0 Å². The first-order valence-electron chi connectivity index (χ1n) is 9.79. The van der Waals surface area contributed by atoms with Gasteiger partial charge in [-0.3, -0.25) is 0 Å². The van der Waals surface area contributed by atoms with E-state index in [4.69, 9.17) is 4.74 Å². The summed E-state index contributed by atoms with van der Waals surface area (Å²) < 4.78 is 21.8. The lowest BCUT2D eigenvalue weighted by atomic mass is 9.72. The third-order valence-corrected chi connectivity index (χ3v) is 5.83. The molecule has 3 atom stereocenters. The first kappa shape index (κ1) is 19.3. The Morgan fingerprint density at radius 1 is 1.34 bits per heavy atom. The average Bonchev–Trinajstić information content (AvgIpc) is 3.27. The number of rotatable bonds is 5. The summed E-state index contributed by atoms with van der Waals surface area (Å²) in [4.78, 5) is 8.18. The summed E-state index contributed by atoms with van der Waals surface area (Å²) in [6.07, 6.45) is 7.93. The number of alkyl halides is 1. The van der Waals surface area contributed by atoms with Crippen LogP contribution in [0.4, 0.5) is 4.39 Å². The lowest BCUT2D eigenvalue weighted by Crippen LogP contribution is -2.40. The zero-order valence-corrected chi connectivity index (χ0v) is 16.5. The molecule has 2 heterocycles. The summed E-state index contributed by atoms with van der Waals surface area (Å²) in [5.41, 5.74) is 1.75. The molecular weight excluding hydrogens is 373 g/mol. The molecule has 4 rings (SSSR count). The van der Waals surface area contributed by atoms with E-state index in [1.165, 1.54) is 6.20 Å². The Morgan fingerprint density at radius 3 is 2.86 bits per heavy atom. The first-order chi connectivity index (χ1) is 14.0. The summed E-state index contributed by atoms with van der Waals surface area (Å²) in [6, 6.07) is 5.24. The lowest BCUT2D eigenvalue weighted by Gasteiger charge is -2.38. The van der Waals surface area contributed by atoms with Gasteiger partial charge in [0.1, 0.15) is 23.7 Å². The Morgan fingerprint density at radius 2 is 2.21 bits per heavy atom. The summed E-state index contributed by atoms with van der Waals surface area (Å²) in [5.74, 6) is 0.0517. The van der Waals surface area contributed by atoms with Crippen LogP contribution in [0, 0.1) is 5.41 Å². The molecule has 0 unspecified atom stereocenters. The van der Waals surface area contributed by atoms with Crippen molar-refractivity contribution in [2.45, 2.75) is 51.8 Å². The molecule has 1 saturated carbocycles. The molecule has 1 aromatic carbocycles. The molecule has 29 heavy (non-hydrogen) atoms. The highest BCUT2D eigenvalue weighted by atomic mass is 19.1. The molecule has 0 bridgehead atoms. The minimum absolute atomic E-state index is 0.0517. The van der Waals surface area contributed by atoms with E-state index in [2.05, 4.69) is 34.0 Å². The largest absolute Gasteiger partial charge is 0.507 e. The zero-order chi connectivity index (χ0) is 20.4. The Bertz CT molecular complexity index is 964. The van der Waals surface area contributed by atoms with Gasteiger partial charge in [-0.2, -0.15) is 0 Å². The molecule has 1 fully saturated rings. The van der Waals surface area contributed by atoms with Gasteiger partial charge in [0.25, 0.3) is 0 Å². The van der Waals surface area contributed by atoms with Crippen molar-refractivity contribution in [2.24, 2.45) is 5.41 Å². The standard InChI is InChI=1S/C21H24FN5O2/c1-3-21(2)7-6-16(22)19(11-21)29-20-24-12-17(25-26-20)15-5-4-14(10-18(15)28)27-9-8-23-13-27/h4-5,8-10,12-13,16,19,28H,3,6-7,11H2,1-2H3/t16-,19-,21-/m0/s1.